The molecule has 1 aliphatic heterocycles. The molecule has 4 rings (SSSR count). The molecule has 1 aliphatic rings. The SMILES string of the molecule is Cc1ccc(=O)n(CC2CN(C(=O)c3ccc4nsnc4c3)C2)n1. The highest BCUT2D eigenvalue weighted by Gasteiger charge is 2.32. The average Bonchev–Trinajstić information content (AvgIpc) is 3.00. The number of hydrogen-bond donors (Lipinski definition) is 0. The lowest BCUT2D eigenvalue weighted by Crippen LogP contribution is -2.52. The van der Waals surface area contributed by atoms with E-state index in [1.807, 2.05) is 13.0 Å². The molecular weight excluding hydrogens is 326 g/mol. The molecule has 1 aromatic carbocycles. The van der Waals surface area contributed by atoms with Crippen molar-refractivity contribution in [2.75, 3.05) is 13.1 Å². The summed E-state index contributed by atoms with van der Waals surface area (Å²) in [5, 5.41) is 4.24. The van der Waals surface area contributed by atoms with Crippen LogP contribution in [0.3, 0.4) is 0 Å². The third-order valence-electron chi connectivity index (χ3n) is 4.18. The number of hydrogen-bond acceptors (Lipinski definition) is 6. The van der Waals surface area contributed by atoms with Crippen molar-refractivity contribution in [1.82, 2.24) is 23.4 Å². The standard InChI is InChI=1S/C16H15N5O2S/c1-10-2-5-15(22)21(17-10)9-11-7-20(8-11)16(23)12-3-4-13-14(6-12)19-24-18-13/h2-6,11H,7-9H2,1H3. The van der Waals surface area contributed by atoms with Crippen molar-refractivity contribution in [1.29, 1.82) is 0 Å². The molecule has 0 atom stereocenters. The van der Waals surface area contributed by atoms with Crippen LogP contribution in [0.2, 0.25) is 0 Å². The fourth-order valence-corrected chi connectivity index (χ4v) is 3.39. The van der Waals surface area contributed by atoms with Gasteiger partial charge in [0.15, 0.2) is 0 Å². The maximum atomic E-state index is 12.5. The number of fused-ring (bicyclic) bond motifs is 1. The summed E-state index contributed by atoms with van der Waals surface area (Å²) in [5.41, 5.74) is 2.89. The Morgan fingerprint density at radius 3 is 2.83 bits per heavy atom. The molecule has 0 bridgehead atoms. The molecule has 2 aromatic heterocycles. The Hall–Kier alpha value is -2.61. The molecule has 0 radical (unpaired) electrons. The number of carbonyl (C=O) groups excluding carboxylic acids is 1. The van der Waals surface area contributed by atoms with Gasteiger partial charge in [-0.25, -0.2) is 4.68 Å². The van der Waals surface area contributed by atoms with Crippen molar-refractivity contribution >= 4 is 28.7 Å². The van der Waals surface area contributed by atoms with Crippen LogP contribution in [0.25, 0.3) is 11.0 Å². The largest absolute Gasteiger partial charge is 0.338 e. The van der Waals surface area contributed by atoms with Gasteiger partial charge in [0.05, 0.1) is 24.0 Å². The van der Waals surface area contributed by atoms with Gasteiger partial charge < -0.3 is 4.90 Å². The second-order valence-corrected chi connectivity index (χ2v) is 6.57. The minimum Gasteiger partial charge on any atom is -0.338 e. The number of aromatic nitrogens is 4. The van der Waals surface area contributed by atoms with E-state index >= 15 is 0 Å². The van der Waals surface area contributed by atoms with Crippen LogP contribution < -0.4 is 5.56 Å². The van der Waals surface area contributed by atoms with E-state index in [2.05, 4.69) is 13.8 Å². The fraction of sp³-hybridized carbons (Fsp3) is 0.312. The van der Waals surface area contributed by atoms with E-state index in [9.17, 15) is 9.59 Å². The Balaban J connectivity index is 1.42. The maximum Gasteiger partial charge on any atom is 0.266 e. The summed E-state index contributed by atoms with van der Waals surface area (Å²) in [5.74, 6) is 0.247. The molecule has 0 spiro atoms. The summed E-state index contributed by atoms with van der Waals surface area (Å²) < 4.78 is 9.79. The zero-order valence-corrected chi connectivity index (χ0v) is 13.9. The number of rotatable bonds is 3. The highest BCUT2D eigenvalue weighted by molar-refractivity contribution is 7.00. The molecular formula is C16H15N5O2S. The van der Waals surface area contributed by atoms with Crippen LogP contribution in [0.1, 0.15) is 16.1 Å². The van der Waals surface area contributed by atoms with Gasteiger partial charge in [0.1, 0.15) is 11.0 Å². The van der Waals surface area contributed by atoms with Crippen LogP contribution in [0.15, 0.2) is 35.1 Å². The van der Waals surface area contributed by atoms with Gasteiger partial charge in [-0.05, 0) is 31.2 Å². The van der Waals surface area contributed by atoms with Crippen LogP contribution in [-0.2, 0) is 6.54 Å². The molecule has 7 nitrogen and oxygen atoms in total. The van der Waals surface area contributed by atoms with E-state index in [1.165, 1.54) is 10.7 Å². The molecule has 0 saturated carbocycles. The molecule has 8 heteroatoms. The molecule has 24 heavy (non-hydrogen) atoms. The molecule has 1 amide bonds. The molecule has 0 aliphatic carbocycles. The van der Waals surface area contributed by atoms with Crippen molar-refractivity contribution in [3.63, 3.8) is 0 Å². The van der Waals surface area contributed by atoms with Crippen molar-refractivity contribution in [2.24, 2.45) is 5.92 Å². The summed E-state index contributed by atoms with van der Waals surface area (Å²) in [7, 11) is 0. The highest BCUT2D eigenvalue weighted by atomic mass is 32.1. The molecule has 1 saturated heterocycles. The number of likely N-dealkylation sites (tertiary alicyclic amines) is 1. The quantitative estimate of drug-likeness (QED) is 0.718. The van der Waals surface area contributed by atoms with Crippen LogP contribution in [-0.4, -0.2) is 42.4 Å². The topological polar surface area (TPSA) is 81.0 Å². The second kappa shape index (κ2) is 5.79. The summed E-state index contributed by atoms with van der Waals surface area (Å²) in [6, 6.07) is 8.62. The first-order valence-corrected chi connectivity index (χ1v) is 8.39. The second-order valence-electron chi connectivity index (χ2n) is 6.04. The van der Waals surface area contributed by atoms with Crippen LogP contribution in [0, 0.1) is 12.8 Å². The third kappa shape index (κ3) is 2.69. The van der Waals surface area contributed by atoms with Gasteiger partial charge in [0.2, 0.25) is 0 Å². The monoisotopic (exact) mass is 341 g/mol. The van der Waals surface area contributed by atoms with Gasteiger partial charge >= 0.3 is 0 Å². The molecule has 122 valence electrons. The summed E-state index contributed by atoms with van der Waals surface area (Å²) in [6.07, 6.45) is 0. The fourth-order valence-electron chi connectivity index (χ4n) is 2.88. The molecule has 0 N–H and O–H groups in total. The minimum absolute atomic E-state index is 0.00861. The summed E-state index contributed by atoms with van der Waals surface area (Å²) in [6.45, 7) is 3.66. The zero-order valence-electron chi connectivity index (χ0n) is 13.0. The number of amides is 1. The van der Waals surface area contributed by atoms with Gasteiger partial charge in [-0.2, -0.15) is 13.8 Å². The first-order chi connectivity index (χ1) is 11.6. The van der Waals surface area contributed by atoms with Crippen LogP contribution >= 0.6 is 11.7 Å². The lowest BCUT2D eigenvalue weighted by Gasteiger charge is -2.39. The van der Waals surface area contributed by atoms with E-state index in [0.717, 1.165) is 28.5 Å². The number of aryl methyl sites for hydroxylation is 1. The smallest absolute Gasteiger partial charge is 0.266 e. The highest BCUT2D eigenvalue weighted by Crippen LogP contribution is 2.21. The van der Waals surface area contributed by atoms with Gasteiger partial charge in [0, 0.05) is 30.6 Å². The molecule has 1 fully saturated rings. The van der Waals surface area contributed by atoms with Gasteiger partial charge in [-0.3, -0.25) is 9.59 Å². The first-order valence-electron chi connectivity index (χ1n) is 7.66. The maximum absolute atomic E-state index is 12.5. The molecule has 3 aromatic rings. The third-order valence-corrected chi connectivity index (χ3v) is 4.73. The van der Waals surface area contributed by atoms with E-state index in [4.69, 9.17) is 0 Å². The van der Waals surface area contributed by atoms with Crippen molar-refractivity contribution < 1.29 is 4.79 Å². The van der Waals surface area contributed by atoms with Gasteiger partial charge in [-0.1, -0.05) is 0 Å². The predicted octanol–water partition coefficient (Wildman–Crippen LogP) is 1.33. The van der Waals surface area contributed by atoms with Crippen LogP contribution in [0.5, 0.6) is 0 Å². The number of carbonyl (C=O) groups is 1. The Morgan fingerprint density at radius 1 is 1.21 bits per heavy atom. The summed E-state index contributed by atoms with van der Waals surface area (Å²) >= 11 is 1.14. The van der Waals surface area contributed by atoms with E-state index in [1.54, 1.807) is 23.1 Å². The van der Waals surface area contributed by atoms with E-state index < -0.39 is 0 Å². The van der Waals surface area contributed by atoms with Gasteiger partial charge in [-0.15, -0.1) is 0 Å². The molecule has 0 unspecified atom stereocenters. The van der Waals surface area contributed by atoms with E-state index in [0.29, 0.717) is 25.2 Å². The Kier molecular flexibility index (Phi) is 3.61. The minimum atomic E-state index is -0.105. The number of benzene rings is 1. The van der Waals surface area contributed by atoms with Crippen molar-refractivity contribution in [2.45, 2.75) is 13.5 Å². The summed E-state index contributed by atoms with van der Waals surface area (Å²) in [4.78, 5) is 26.1. The Morgan fingerprint density at radius 2 is 2.00 bits per heavy atom. The van der Waals surface area contributed by atoms with Crippen LogP contribution in [0.4, 0.5) is 0 Å². The van der Waals surface area contributed by atoms with Crippen molar-refractivity contribution in [3.05, 3.63) is 51.9 Å². The zero-order chi connectivity index (χ0) is 16.7. The lowest BCUT2D eigenvalue weighted by atomic mass is 9.98. The average molecular weight is 341 g/mol. The normalized spacial score (nSPS) is 14.8. The molecule has 3 heterocycles. The van der Waals surface area contributed by atoms with Gasteiger partial charge in [0.25, 0.3) is 11.5 Å². The Bertz CT molecular complexity index is 974. The lowest BCUT2D eigenvalue weighted by molar-refractivity contribution is 0.0458. The number of nitrogens with zero attached hydrogens (tertiary/aromatic N) is 5. The van der Waals surface area contributed by atoms with E-state index in [-0.39, 0.29) is 17.4 Å². The Labute approximate surface area is 141 Å². The first kappa shape index (κ1) is 14.9. The predicted molar refractivity (Wildman–Crippen MR) is 90.0 cm³/mol. The van der Waals surface area contributed by atoms with Crippen molar-refractivity contribution in [3.8, 4) is 0 Å².